The summed E-state index contributed by atoms with van der Waals surface area (Å²) in [6, 6.07) is 14.8. The van der Waals surface area contributed by atoms with Crippen LogP contribution in [0.3, 0.4) is 0 Å². The number of aliphatic hydroxyl groups is 1. The fourth-order valence-electron chi connectivity index (χ4n) is 3.38. The summed E-state index contributed by atoms with van der Waals surface area (Å²) in [7, 11) is 0. The molecule has 126 valence electrons. The molecule has 2 heterocycles. The molecule has 0 spiro atoms. The van der Waals surface area contributed by atoms with E-state index in [2.05, 4.69) is 4.90 Å². The second kappa shape index (κ2) is 6.14. The first-order chi connectivity index (χ1) is 12.2. The van der Waals surface area contributed by atoms with Gasteiger partial charge < -0.3 is 10.0 Å². The quantitative estimate of drug-likeness (QED) is 0.587. The number of non-ortho nitro benzene ring substituents is 1. The molecule has 4 rings (SSSR count). The van der Waals surface area contributed by atoms with Crippen LogP contribution in [0.15, 0.2) is 48.5 Å². The van der Waals surface area contributed by atoms with Gasteiger partial charge in [-0.3, -0.25) is 10.1 Å². The highest BCUT2D eigenvalue weighted by Crippen LogP contribution is 2.30. The van der Waals surface area contributed by atoms with E-state index >= 15 is 0 Å². The van der Waals surface area contributed by atoms with Crippen LogP contribution in [0.1, 0.15) is 16.7 Å². The van der Waals surface area contributed by atoms with Crippen LogP contribution in [0.25, 0.3) is 10.9 Å². The summed E-state index contributed by atoms with van der Waals surface area (Å²) in [6.45, 7) is 1.23. The molecule has 0 saturated carbocycles. The van der Waals surface area contributed by atoms with E-state index in [-0.39, 0.29) is 17.2 Å². The Morgan fingerprint density at radius 1 is 1.16 bits per heavy atom. The number of rotatable bonds is 3. The van der Waals surface area contributed by atoms with Gasteiger partial charge in [0, 0.05) is 36.2 Å². The van der Waals surface area contributed by atoms with Gasteiger partial charge in [-0.25, -0.2) is 4.98 Å². The zero-order valence-corrected chi connectivity index (χ0v) is 13.6. The number of aromatic nitrogens is 1. The Morgan fingerprint density at radius 2 is 2.00 bits per heavy atom. The maximum Gasteiger partial charge on any atom is 0.269 e. The fraction of sp³-hybridized carbons (Fsp3) is 0.211. The summed E-state index contributed by atoms with van der Waals surface area (Å²) in [5.41, 5.74) is 3.83. The Labute approximate surface area is 144 Å². The van der Waals surface area contributed by atoms with E-state index in [4.69, 9.17) is 4.98 Å². The highest BCUT2D eigenvalue weighted by molar-refractivity contribution is 5.81. The third-order valence-corrected chi connectivity index (χ3v) is 4.66. The van der Waals surface area contributed by atoms with E-state index in [1.54, 1.807) is 12.1 Å². The van der Waals surface area contributed by atoms with Gasteiger partial charge in [0.2, 0.25) is 0 Å². The molecular weight excluding hydrogens is 318 g/mol. The molecule has 6 heteroatoms. The number of pyridine rings is 1. The van der Waals surface area contributed by atoms with Crippen LogP contribution in [0.4, 0.5) is 11.5 Å². The molecule has 0 radical (unpaired) electrons. The van der Waals surface area contributed by atoms with E-state index in [0.29, 0.717) is 6.54 Å². The highest BCUT2D eigenvalue weighted by Gasteiger charge is 2.22. The van der Waals surface area contributed by atoms with Gasteiger partial charge in [0.05, 0.1) is 17.0 Å². The monoisotopic (exact) mass is 335 g/mol. The standard InChI is InChI=1S/C19H17N3O3/c23-12-16-9-14-3-1-2-4-18(14)20-19(16)21-8-7-13-5-6-17(22(24)25)10-15(13)11-21/h1-6,9-10,23H,7-8,11-12H2. The first-order valence-electron chi connectivity index (χ1n) is 8.16. The first kappa shape index (κ1) is 15.5. The third-order valence-electron chi connectivity index (χ3n) is 4.66. The Bertz CT molecular complexity index is 971. The van der Waals surface area contributed by atoms with Gasteiger partial charge >= 0.3 is 0 Å². The molecule has 3 aromatic rings. The lowest BCUT2D eigenvalue weighted by Gasteiger charge is -2.31. The summed E-state index contributed by atoms with van der Waals surface area (Å²) >= 11 is 0. The molecular formula is C19H17N3O3. The van der Waals surface area contributed by atoms with Crippen molar-refractivity contribution in [2.45, 2.75) is 19.6 Å². The van der Waals surface area contributed by atoms with Crippen LogP contribution in [-0.4, -0.2) is 21.6 Å². The minimum absolute atomic E-state index is 0.0918. The van der Waals surface area contributed by atoms with Crippen LogP contribution in [0.2, 0.25) is 0 Å². The first-order valence-corrected chi connectivity index (χ1v) is 8.16. The topological polar surface area (TPSA) is 79.5 Å². The average molecular weight is 335 g/mol. The van der Waals surface area contributed by atoms with Crippen LogP contribution in [-0.2, 0) is 19.6 Å². The minimum Gasteiger partial charge on any atom is -0.392 e. The third kappa shape index (κ3) is 2.81. The van der Waals surface area contributed by atoms with Crippen LogP contribution < -0.4 is 4.90 Å². The lowest BCUT2D eigenvalue weighted by Crippen LogP contribution is -2.32. The predicted octanol–water partition coefficient (Wildman–Crippen LogP) is 3.20. The fourth-order valence-corrected chi connectivity index (χ4v) is 3.38. The van der Waals surface area contributed by atoms with Crippen molar-refractivity contribution in [3.8, 4) is 0 Å². The molecule has 0 saturated heterocycles. The lowest BCUT2D eigenvalue weighted by molar-refractivity contribution is -0.384. The predicted molar refractivity (Wildman–Crippen MR) is 95.5 cm³/mol. The van der Waals surface area contributed by atoms with Crippen LogP contribution in [0.5, 0.6) is 0 Å². The van der Waals surface area contributed by atoms with Crippen molar-refractivity contribution in [3.05, 3.63) is 75.3 Å². The van der Waals surface area contributed by atoms with Crippen molar-refractivity contribution in [3.63, 3.8) is 0 Å². The van der Waals surface area contributed by atoms with Gasteiger partial charge in [-0.15, -0.1) is 0 Å². The molecule has 0 atom stereocenters. The van der Waals surface area contributed by atoms with Gasteiger partial charge in [0.15, 0.2) is 0 Å². The average Bonchev–Trinajstić information content (AvgIpc) is 2.65. The lowest BCUT2D eigenvalue weighted by atomic mass is 9.98. The summed E-state index contributed by atoms with van der Waals surface area (Å²) < 4.78 is 0. The minimum atomic E-state index is -0.368. The highest BCUT2D eigenvalue weighted by atomic mass is 16.6. The van der Waals surface area contributed by atoms with Crippen molar-refractivity contribution in [1.29, 1.82) is 0 Å². The molecule has 0 fully saturated rings. The van der Waals surface area contributed by atoms with E-state index in [9.17, 15) is 15.2 Å². The van der Waals surface area contributed by atoms with Gasteiger partial charge in [0.1, 0.15) is 5.82 Å². The molecule has 2 aromatic carbocycles. The van der Waals surface area contributed by atoms with Crippen molar-refractivity contribution >= 4 is 22.4 Å². The maximum atomic E-state index is 11.0. The van der Waals surface area contributed by atoms with Gasteiger partial charge in [0.25, 0.3) is 5.69 Å². The Balaban J connectivity index is 1.74. The van der Waals surface area contributed by atoms with Crippen LogP contribution in [0, 0.1) is 10.1 Å². The number of para-hydroxylation sites is 1. The van der Waals surface area contributed by atoms with Gasteiger partial charge in [-0.05, 0) is 29.7 Å². The Morgan fingerprint density at radius 3 is 2.80 bits per heavy atom. The van der Waals surface area contributed by atoms with Gasteiger partial charge in [-0.1, -0.05) is 24.3 Å². The summed E-state index contributed by atoms with van der Waals surface area (Å²) in [6.07, 6.45) is 0.798. The number of hydrogen-bond acceptors (Lipinski definition) is 5. The van der Waals surface area contributed by atoms with Gasteiger partial charge in [-0.2, -0.15) is 0 Å². The molecule has 1 aromatic heterocycles. The molecule has 1 N–H and O–H groups in total. The van der Waals surface area contributed by atoms with E-state index in [1.165, 1.54) is 0 Å². The number of anilines is 1. The normalized spacial score (nSPS) is 13.7. The zero-order valence-electron chi connectivity index (χ0n) is 13.6. The SMILES string of the molecule is O=[N+]([O-])c1ccc2c(c1)CN(c1nc3ccccc3cc1CO)CC2. The van der Waals surface area contributed by atoms with Crippen molar-refractivity contribution in [1.82, 2.24) is 4.98 Å². The Hall–Kier alpha value is -2.99. The Kier molecular flexibility index (Phi) is 3.82. The molecule has 0 unspecified atom stereocenters. The molecule has 6 nitrogen and oxygen atoms in total. The number of aliphatic hydroxyl groups excluding tert-OH is 1. The van der Waals surface area contributed by atoms with E-state index < -0.39 is 0 Å². The van der Waals surface area contributed by atoms with E-state index in [1.807, 2.05) is 36.4 Å². The summed E-state index contributed by atoms with van der Waals surface area (Å²) in [4.78, 5) is 17.5. The molecule has 25 heavy (non-hydrogen) atoms. The number of nitrogens with zero attached hydrogens (tertiary/aromatic N) is 3. The number of nitro benzene ring substituents is 1. The summed E-state index contributed by atoms with van der Waals surface area (Å²) in [5.74, 6) is 0.748. The maximum absolute atomic E-state index is 11.0. The van der Waals surface area contributed by atoms with Crippen molar-refractivity contribution in [2.75, 3.05) is 11.4 Å². The van der Waals surface area contributed by atoms with Crippen molar-refractivity contribution < 1.29 is 10.0 Å². The zero-order chi connectivity index (χ0) is 17.4. The van der Waals surface area contributed by atoms with Crippen LogP contribution >= 0.6 is 0 Å². The molecule has 0 amide bonds. The smallest absolute Gasteiger partial charge is 0.269 e. The molecule has 1 aliphatic rings. The number of benzene rings is 2. The largest absolute Gasteiger partial charge is 0.392 e. The molecule has 0 aliphatic carbocycles. The second-order valence-electron chi connectivity index (χ2n) is 6.20. The second-order valence-corrected chi connectivity index (χ2v) is 6.20. The molecule has 1 aliphatic heterocycles. The summed E-state index contributed by atoms with van der Waals surface area (Å²) in [5, 5.41) is 21.8. The van der Waals surface area contributed by atoms with Crippen molar-refractivity contribution in [2.24, 2.45) is 0 Å². The molecule has 0 bridgehead atoms. The number of hydrogen-bond donors (Lipinski definition) is 1. The number of fused-ring (bicyclic) bond motifs is 2. The number of nitro groups is 1. The van der Waals surface area contributed by atoms with E-state index in [0.717, 1.165) is 46.4 Å².